The highest BCUT2D eigenvalue weighted by Gasteiger charge is 2.21. The van der Waals surface area contributed by atoms with Crippen molar-refractivity contribution in [3.63, 3.8) is 0 Å². The Kier molecular flexibility index (Phi) is 6.17. The topological polar surface area (TPSA) is 20.2 Å². The first-order valence-corrected chi connectivity index (χ1v) is 7.33. The van der Waals surface area contributed by atoms with Gasteiger partial charge in [-0.25, -0.2) is 0 Å². The predicted octanol–water partition coefficient (Wildman–Crippen LogP) is 5.21. The maximum atomic E-state index is 10.6. The molecule has 1 rings (SSSR count). The Balaban J connectivity index is 2.94. The SMILES string of the molecule is CCCCC(CC)C(O)c1cc(C)c(Cl)cc1C. The van der Waals surface area contributed by atoms with Crippen molar-refractivity contribution in [2.75, 3.05) is 0 Å². The quantitative estimate of drug-likeness (QED) is 0.751. The predicted molar refractivity (Wildman–Crippen MR) is 79.2 cm³/mol. The molecule has 0 aromatic heterocycles. The Morgan fingerprint density at radius 1 is 1.17 bits per heavy atom. The Morgan fingerprint density at radius 2 is 1.83 bits per heavy atom. The molecule has 102 valence electrons. The van der Waals surface area contributed by atoms with Crippen LogP contribution in [-0.2, 0) is 0 Å². The zero-order chi connectivity index (χ0) is 13.7. The van der Waals surface area contributed by atoms with E-state index in [1.807, 2.05) is 26.0 Å². The monoisotopic (exact) mass is 268 g/mol. The highest BCUT2D eigenvalue weighted by molar-refractivity contribution is 6.31. The van der Waals surface area contributed by atoms with E-state index in [0.29, 0.717) is 5.92 Å². The first-order valence-electron chi connectivity index (χ1n) is 6.95. The Hall–Kier alpha value is -0.530. The number of hydrogen-bond donors (Lipinski definition) is 1. The van der Waals surface area contributed by atoms with Gasteiger partial charge in [0, 0.05) is 5.02 Å². The molecule has 1 N–H and O–H groups in total. The molecule has 0 aliphatic carbocycles. The summed E-state index contributed by atoms with van der Waals surface area (Å²) in [6, 6.07) is 4.00. The van der Waals surface area contributed by atoms with Crippen LogP contribution >= 0.6 is 11.6 Å². The second kappa shape index (κ2) is 7.16. The lowest BCUT2D eigenvalue weighted by Gasteiger charge is -2.24. The summed E-state index contributed by atoms with van der Waals surface area (Å²) in [5.41, 5.74) is 3.18. The maximum Gasteiger partial charge on any atom is 0.0820 e. The van der Waals surface area contributed by atoms with Crippen molar-refractivity contribution in [2.45, 2.75) is 59.5 Å². The highest BCUT2D eigenvalue weighted by Crippen LogP contribution is 2.33. The lowest BCUT2D eigenvalue weighted by Crippen LogP contribution is -2.13. The third-order valence-electron chi connectivity index (χ3n) is 3.77. The molecule has 0 aliphatic heterocycles. The Bertz CT molecular complexity index is 387. The summed E-state index contributed by atoms with van der Waals surface area (Å²) in [4.78, 5) is 0. The molecule has 0 amide bonds. The molecule has 0 fully saturated rings. The van der Waals surface area contributed by atoms with Crippen molar-refractivity contribution >= 4 is 11.6 Å². The van der Waals surface area contributed by atoms with Gasteiger partial charge < -0.3 is 5.11 Å². The Morgan fingerprint density at radius 3 is 2.39 bits per heavy atom. The molecule has 0 heterocycles. The van der Waals surface area contributed by atoms with E-state index in [-0.39, 0.29) is 6.10 Å². The zero-order valence-corrected chi connectivity index (χ0v) is 12.7. The molecule has 0 saturated heterocycles. The van der Waals surface area contributed by atoms with Crippen molar-refractivity contribution in [3.05, 3.63) is 33.8 Å². The van der Waals surface area contributed by atoms with Gasteiger partial charge >= 0.3 is 0 Å². The standard InChI is InChI=1S/C16H25ClO/c1-5-7-8-13(6-2)16(18)14-9-12(4)15(17)10-11(14)3/h9-10,13,16,18H,5-8H2,1-4H3. The number of unbranched alkanes of at least 4 members (excludes halogenated alkanes) is 1. The summed E-state index contributed by atoms with van der Waals surface area (Å²) in [6.07, 6.45) is 4.11. The fourth-order valence-corrected chi connectivity index (χ4v) is 2.65. The summed E-state index contributed by atoms with van der Waals surface area (Å²) >= 11 is 6.11. The van der Waals surface area contributed by atoms with E-state index in [0.717, 1.165) is 34.6 Å². The van der Waals surface area contributed by atoms with Crippen LogP contribution < -0.4 is 0 Å². The minimum Gasteiger partial charge on any atom is -0.388 e. The van der Waals surface area contributed by atoms with Gasteiger partial charge in [-0.2, -0.15) is 0 Å². The fraction of sp³-hybridized carbons (Fsp3) is 0.625. The van der Waals surface area contributed by atoms with Crippen LogP contribution in [0.1, 0.15) is 62.3 Å². The largest absolute Gasteiger partial charge is 0.388 e. The van der Waals surface area contributed by atoms with E-state index >= 15 is 0 Å². The van der Waals surface area contributed by atoms with Crippen LogP contribution in [0.15, 0.2) is 12.1 Å². The van der Waals surface area contributed by atoms with Gasteiger partial charge in [-0.3, -0.25) is 0 Å². The number of aliphatic hydroxyl groups is 1. The molecule has 0 bridgehead atoms. The molecule has 1 nitrogen and oxygen atoms in total. The lowest BCUT2D eigenvalue weighted by molar-refractivity contribution is 0.0983. The van der Waals surface area contributed by atoms with Crippen molar-refractivity contribution in [3.8, 4) is 0 Å². The summed E-state index contributed by atoms with van der Waals surface area (Å²) in [7, 11) is 0. The third-order valence-corrected chi connectivity index (χ3v) is 4.17. The van der Waals surface area contributed by atoms with Gasteiger partial charge in [0.2, 0.25) is 0 Å². The van der Waals surface area contributed by atoms with E-state index in [1.54, 1.807) is 0 Å². The molecule has 18 heavy (non-hydrogen) atoms. The van der Waals surface area contributed by atoms with E-state index < -0.39 is 0 Å². The molecule has 0 aliphatic rings. The molecule has 2 heteroatoms. The minimum absolute atomic E-state index is 0.351. The van der Waals surface area contributed by atoms with Crippen LogP contribution in [0.4, 0.5) is 0 Å². The number of hydrogen-bond acceptors (Lipinski definition) is 1. The van der Waals surface area contributed by atoms with Crippen LogP contribution in [0.25, 0.3) is 0 Å². The van der Waals surface area contributed by atoms with Crippen LogP contribution in [0.5, 0.6) is 0 Å². The van der Waals surface area contributed by atoms with Gasteiger partial charge in [-0.15, -0.1) is 0 Å². The van der Waals surface area contributed by atoms with Gasteiger partial charge in [0.15, 0.2) is 0 Å². The summed E-state index contributed by atoms with van der Waals surface area (Å²) in [6.45, 7) is 8.36. The first-order chi connectivity index (χ1) is 8.51. The van der Waals surface area contributed by atoms with E-state index in [4.69, 9.17) is 11.6 Å². The molecule has 2 atom stereocenters. The summed E-state index contributed by atoms with van der Waals surface area (Å²) in [5, 5.41) is 11.3. The van der Waals surface area contributed by atoms with Gasteiger partial charge in [-0.1, -0.05) is 50.8 Å². The van der Waals surface area contributed by atoms with Crippen LogP contribution in [0.3, 0.4) is 0 Å². The van der Waals surface area contributed by atoms with Crippen molar-refractivity contribution in [1.82, 2.24) is 0 Å². The maximum absolute atomic E-state index is 10.6. The second-order valence-corrected chi connectivity index (χ2v) is 5.62. The molecular formula is C16H25ClO. The molecule has 0 saturated carbocycles. The van der Waals surface area contributed by atoms with Crippen LogP contribution in [0.2, 0.25) is 5.02 Å². The fourth-order valence-electron chi connectivity index (χ4n) is 2.43. The van der Waals surface area contributed by atoms with E-state index in [2.05, 4.69) is 13.8 Å². The number of benzene rings is 1. The van der Waals surface area contributed by atoms with Crippen LogP contribution in [0, 0.1) is 19.8 Å². The zero-order valence-electron chi connectivity index (χ0n) is 12.0. The summed E-state index contributed by atoms with van der Waals surface area (Å²) < 4.78 is 0. The first kappa shape index (κ1) is 15.5. The highest BCUT2D eigenvalue weighted by atomic mass is 35.5. The minimum atomic E-state index is -0.363. The average Bonchev–Trinajstić information content (AvgIpc) is 2.34. The van der Waals surface area contributed by atoms with Gasteiger partial charge in [-0.05, 0) is 48.9 Å². The third kappa shape index (κ3) is 3.73. The normalized spacial score (nSPS) is 14.6. The van der Waals surface area contributed by atoms with Gasteiger partial charge in [0.05, 0.1) is 6.10 Å². The van der Waals surface area contributed by atoms with Crippen molar-refractivity contribution < 1.29 is 5.11 Å². The molecule has 0 radical (unpaired) electrons. The number of rotatable bonds is 6. The van der Waals surface area contributed by atoms with E-state index in [1.165, 1.54) is 12.8 Å². The molecular weight excluding hydrogens is 244 g/mol. The van der Waals surface area contributed by atoms with Gasteiger partial charge in [0.25, 0.3) is 0 Å². The van der Waals surface area contributed by atoms with E-state index in [9.17, 15) is 5.11 Å². The number of aryl methyl sites for hydroxylation is 2. The summed E-state index contributed by atoms with van der Waals surface area (Å²) in [5.74, 6) is 0.351. The lowest BCUT2D eigenvalue weighted by atomic mass is 9.87. The number of aliphatic hydroxyl groups excluding tert-OH is 1. The Labute approximate surface area is 116 Å². The van der Waals surface area contributed by atoms with Crippen molar-refractivity contribution in [2.24, 2.45) is 5.92 Å². The second-order valence-electron chi connectivity index (χ2n) is 5.21. The molecule has 1 aromatic rings. The smallest absolute Gasteiger partial charge is 0.0820 e. The molecule has 0 spiro atoms. The number of halogens is 1. The molecule has 1 aromatic carbocycles. The van der Waals surface area contributed by atoms with Crippen LogP contribution in [-0.4, -0.2) is 5.11 Å². The van der Waals surface area contributed by atoms with Gasteiger partial charge in [0.1, 0.15) is 0 Å². The van der Waals surface area contributed by atoms with Crippen molar-refractivity contribution in [1.29, 1.82) is 0 Å². The average molecular weight is 269 g/mol. The molecule has 2 unspecified atom stereocenters.